The summed E-state index contributed by atoms with van der Waals surface area (Å²) >= 11 is 0. The molecule has 7 nitrogen and oxygen atoms in total. The van der Waals surface area contributed by atoms with Crippen LogP contribution in [0.25, 0.3) is 10.8 Å². The number of carbonyl (C=O) groups excluding carboxylic acids is 1. The molecule has 2 aliphatic heterocycles. The van der Waals surface area contributed by atoms with Gasteiger partial charge in [-0.25, -0.2) is 0 Å². The van der Waals surface area contributed by atoms with Gasteiger partial charge in [-0.15, -0.1) is 0 Å². The molecule has 7 heteroatoms. The Bertz CT molecular complexity index is 1150. The Morgan fingerprint density at radius 2 is 1.69 bits per heavy atom. The summed E-state index contributed by atoms with van der Waals surface area (Å²) in [4.78, 5) is 20.2. The van der Waals surface area contributed by atoms with E-state index >= 15 is 0 Å². The maximum absolute atomic E-state index is 13.2. The predicted molar refractivity (Wildman–Crippen MR) is 141 cm³/mol. The van der Waals surface area contributed by atoms with E-state index in [1.54, 1.807) is 0 Å². The van der Waals surface area contributed by atoms with Crippen molar-refractivity contribution < 1.29 is 14.3 Å². The first-order chi connectivity index (χ1) is 17.2. The zero-order valence-electron chi connectivity index (χ0n) is 20.4. The van der Waals surface area contributed by atoms with Gasteiger partial charge < -0.3 is 24.6 Å². The number of ether oxygens (including phenoxy) is 2. The maximum Gasteiger partial charge on any atom is 0.255 e. The predicted octanol–water partition coefficient (Wildman–Crippen LogP) is 3.55. The number of benzene rings is 3. The van der Waals surface area contributed by atoms with E-state index in [4.69, 9.17) is 9.47 Å². The van der Waals surface area contributed by atoms with Crippen LogP contribution in [0, 0.1) is 0 Å². The number of nitrogens with one attached hydrogen (secondary N) is 1. The lowest BCUT2D eigenvalue weighted by molar-refractivity contribution is 0.0323. The van der Waals surface area contributed by atoms with Crippen LogP contribution in [-0.2, 0) is 4.74 Å². The highest BCUT2D eigenvalue weighted by Gasteiger charge is 2.17. The largest absolute Gasteiger partial charge is 0.492 e. The summed E-state index contributed by atoms with van der Waals surface area (Å²) in [5, 5.41) is 5.10. The van der Waals surface area contributed by atoms with Crippen LogP contribution in [-0.4, -0.2) is 88.4 Å². The average molecular weight is 475 g/mol. The monoisotopic (exact) mass is 474 g/mol. The standard InChI is InChI=1S/C28H34N4O3/c1-30-11-13-32(14-12-30)23-6-4-5-22(21-23)28(33)29-26-9-10-27(25-8-3-2-7-24(25)26)35-20-17-31-15-18-34-19-16-31/h2-10,21H,11-20H2,1H3,(H,29,33). The number of carbonyl (C=O) groups is 1. The van der Waals surface area contributed by atoms with Gasteiger partial charge in [0.05, 0.1) is 13.2 Å². The van der Waals surface area contributed by atoms with Crippen molar-refractivity contribution in [3.63, 3.8) is 0 Å². The molecule has 1 N–H and O–H groups in total. The molecule has 0 radical (unpaired) electrons. The molecular weight excluding hydrogens is 440 g/mol. The summed E-state index contributed by atoms with van der Waals surface area (Å²) in [5.41, 5.74) is 2.55. The van der Waals surface area contributed by atoms with Crippen LogP contribution in [0.1, 0.15) is 10.4 Å². The third-order valence-electron chi connectivity index (χ3n) is 6.88. The fraction of sp³-hybridized carbons (Fsp3) is 0.393. The van der Waals surface area contributed by atoms with Gasteiger partial charge in [-0.05, 0) is 37.4 Å². The van der Waals surface area contributed by atoms with Crippen molar-refractivity contribution in [2.45, 2.75) is 0 Å². The molecule has 0 bridgehead atoms. The van der Waals surface area contributed by atoms with Crippen molar-refractivity contribution in [1.29, 1.82) is 0 Å². The number of piperazine rings is 1. The Morgan fingerprint density at radius 1 is 0.914 bits per heavy atom. The number of anilines is 2. The number of hydrogen-bond donors (Lipinski definition) is 1. The van der Waals surface area contributed by atoms with Crippen LogP contribution >= 0.6 is 0 Å². The van der Waals surface area contributed by atoms with Gasteiger partial charge in [0, 0.05) is 73.5 Å². The van der Waals surface area contributed by atoms with Gasteiger partial charge in [0.2, 0.25) is 0 Å². The summed E-state index contributed by atoms with van der Waals surface area (Å²) in [6.07, 6.45) is 0. The van der Waals surface area contributed by atoms with Crippen molar-refractivity contribution in [2.75, 3.05) is 82.9 Å². The van der Waals surface area contributed by atoms with E-state index in [2.05, 4.69) is 33.1 Å². The van der Waals surface area contributed by atoms with Crippen molar-refractivity contribution in [3.8, 4) is 5.75 Å². The first kappa shape index (κ1) is 23.6. The van der Waals surface area contributed by atoms with Gasteiger partial charge in [-0.1, -0.05) is 30.3 Å². The van der Waals surface area contributed by atoms with Crippen LogP contribution in [0.3, 0.4) is 0 Å². The number of nitrogens with zero attached hydrogens (tertiary/aromatic N) is 3. The third-order valence-corrected chi connectivity index (χ3v) is 6.88. The quantitative estimate of drug-likeness (QED) is 0.565. The van der Waals surface area contributed by atoms with Crippen LogP contribution in [0.15, 0.2) is 60.7 Å². The van der Waals surface area contributed by atoms with Gasteiger partial charge in [0.1, 0.15) is 12.4 Å². The highest BCUT2D eigenvalue weighted by molar-refractivity contribution is 6.10. The van der Waals surface area contributed by atoms with Crippen molar-refractivity contribution >= 4 is 28.1 Å². The summed E-state index contributed by atoms with van der Waals surface area (Å²) in [6, 6.07) is 19.9. The van der Waals surface area contributed by atoms with E-state index in [9.17, 15) is 4.79 Å². The zero-order chi connectivity index (χ0) is 24.0. The Balaban J connectivity index is 1.28. The first-order valence-electron chi connectivity index (χ1n) is 12.5. The molecule has 1 amide bonds. The molecule has 0 saturated carbocycles. The summed E-state index contributed by atoms with van der Waals surface area (Å²) in [7, 11) is 2.14. The van der Waals surface area contributed by atoms with Gasteiger partial charge in [-0.2, -0.15) is 0 Å². The van der Waals surface area contributed by atoms with Crippen LogP contribution in [0.4, 0.5) is 11.4 Å². The highest BCUT2D eigenvalue weighted by atomic mass is 16.5. The number of amides is 1. The SMILES string of the molecule is CN1CCN(c2cccc(C(=O)Nc3ccc(OCCN4CCOCC4)c4ccccc34)c2)CC1. The van der Waals surface area contributed by atoms with Crippen LogP contribution < -0.4 is 15.0 Å². The topological polar surface area (TPSA) is 57.3 Å². The Morgan fingerprint density at radius 3 is 2.49 bits per heavy atom. The molecule has 3 aromatic carbocycles. The molecule has 3 aromatic rings. The average Bonchev–Trinajstić information content (AvgIpc) is 2.91. The van der Waals surface area contributed by atoms with E-state index < -0.39 is 0 Å². The first-order valence-corrected chi connectivity index (χ1v) is 12.5. The highest BCUT2D eigenvalue weighted by Crippen LogP contribution is 2.32. The third kappa shape index (κ3) is 5.75. The fourth-order valence-corrected chi connectivity index (χ4v) is 4.72. The van der Waals surface area contributed by atoms with Gasteiger partial charge in [-0.3, -0.25) is 9.69 Å². The Kier molecular flexibility index (Phi) is 7.47. The molecule has 0 aromatic heterocycles. The molecule has 0 unspecified atom stereocenters. The summed E-state index contributed by atoms with van der Waals surface area (Å²) < 4.78 is 11.6. The second-order valence-corrected chi connectivity index (χ2v) is 9.25. The molecule has 35 heavy (non-hydrogen) atoms. The van der Waals surface area contributed by atoms with E-state index in [1.165, 1.54) is 0 Å². The molecule has 5 rings (SSSR count). The van der Waals surface area contributed by atoms with Crippen LogP contribution in [0.5, 0.6) is 5.75 Å². The number of morpholine rings is 1. The summed E-state index contributed by atoms with van der Waals surface area (Å²) in [5.74, 6) is 0.732. The van der Waals surface area contributed by atoms with Crippen molar-refractivity contribution in [2.24, 2.45) is 0 Å². The number of fused-ring (bicyclic) bond motifs is 1. The molecule has 2 fully saturated rings. The lowest BCUT2D eigenvalue weighted by Crippen LogP contribution is -2.44. The molecule has 2 aliphatic rings. The van der Waals surface area contributed by atoms with Crippen LogP contribution in [0.2, 0.25) is 0 Å². The fourth-order valence-electron chi connectivity index (χ4n) is 4.72. The zero-order valence-corrected chi connectivity index (χ0v) is 20.4. The minimum atomic E-state index is -0.105. The molecule has 0 aliphatic carbocycles. The van der Waals surface area contributed by atoms with Gasteiger partial charge >= 0.3 is 0 Å². The second-order valence-electron chi connectivity index (χ2n) is 9.25. The number of hydrogen-bond acceptors (Lipinski definition) is 6. The van der Waals surface area contributed by atoms with Gasteiger partial charge in [0.15, 0.2) is 0 Å². The molecule has 2 saturated heterocycles. The Labute approximate surface area is 207 Å². The molecular formula is C28H34N4O3. The molecule has 2 heterocycles. The molecule has 0 spiro atoms. The number of likely N-dealkylation sites (N-methyl/N-ethyl adjacent to an activating group) is 1. The van der Waals surface area contributed by atoms with E-state index in [0.29, 0.717) is 12.2 Å². The lowest BCUT2D eigenvalue weighted by Gasteiger charge is -2.34. The normalized spacial score (nSPS) is 17.5. The van der Waals surface area contributed by atoms with Crippen molar-refractivity contribution in [1.82, 2.24) is 9.80 Å². The van der Waals surface area contributed by atoms with E-state index in [1.807, 2.05) is 54.6 Å². The smallest absolute Gasteiger partial charge is 0.255 e. The molecule has 184 valence electrons. The van der Waals surface area contributed by atoms with Gasteiger partial charge in [0.25, 0.3) is 5.91 Å². The maximum atomic E-state index is 13.2. The lowest BCUT2D eigenvalue weighted by atomic mass is 10.1. The van der Waals surface area contributed by atoms with Crippen molar-refractivity contribution in [3.05, 3.63) is 66.2 Å². The minimum Gasteiger partial charge on any atom is -0.492 e. The summed E-state index contributed by atoms with van der Waals surface area (Å²) in [6.45, 7) is 8.97. The molecule has 0 atom stereocenters. The van der Waals surface area contributed by atoms with E-state index in [0.717, 1.165) is 86.9 Å². The van der Waals surface area contributed by atoms with E-state index in [-0.39, 0.29) is 5.91 Å². The second kappa shape index (κ2) is 11.1. The number of rotatable bonds is 7. The minimum absolute atomic E-state index is 0.105. The Hall–Kier alpha value is -3.13.